The largest absolute Gasteiger partial charge is 0.369 e. The minimum Gasteiger partial charge on any atom is -0.369 e. The first-order valence-electron chi connectivity index (χ1n) is 8.08. The quantitative estimate of drug-likeness (QED) is 0.640. The van der Waals surface area contributed by atoms with Crippen LogP contribution in [-0.4, -0.2) is 42.2 Å². The van der Waals surface area contributed by atoms with Gasteiger partial charge in [0.1, 0.15) is 0 Å². The molecule has 1 aromatic carbocycles. The second kappa shape index (κ2) is 6.38. The molecule has 0 radical (unpaired) electrons. The molecule has 3 nitrogen and oxygen atoms in total. The average molecular weight is 390 g/mol. The maximum atomic E-state index is 3.78. The maximum Gasteiger partial charge on any atom is 0.0837 e. The number of rotatable bonds is 2. The van der Waals surface area contributed by atoms with Crippen LogP contribution in [-0.2, 0) is 0 Å². The van der Waals surface area contributed by atoms with Crippen LogP contribution >= 0.6 is 27.7 Å². The number of likely N-dealkylation sites (N-methyl/N-ethyl adjacent to an activating group) is 1. The number of nitrogens with zero attached hydrogens (tertiary/aromatic N) is 3. The van der Waals surface area contributed by atoms with Crippen LogP contribution in [0.25, 0.3) is 12.3 Å². The van der Waals surface area contributed by atoms with E-state index in [2.05, 4.69) is 80.0 Å². The van der Waals surface area contributed by atoms with E-state index in [4.69, 9.17) is 0 Å². The van der Waals surface area contributed by atoms with Gasteiger partial charge in [-0.15, -0.1) is 0 Å². The zero-order chi connectivity index (χ0) is 15.8. The molecule has 0 atom stereocenters. The molecule has 1 fully saturated rings. The summed E-state index contributed by atoms with van der Waals surface area (Å²) in [5.74, 6) is 0. The SMILES string of the molecule is CCN1CCN(c2cc(Br)c3c(c2)Sc2cccn2C=C3)CC1. The van der Waals surface area contributed by atoms with E-state index in [1.807, 2.05) is 11.8 Å². The molecule has 2 aliphatic heterocycles. The van der Waals surface area contributed by atoms with Crippen molar-refractivity contribution >= 4 is 45.7 Å². The Morgan fingerprint density at radius 2 is 2.00 bits per heavy atom. The molecule has 1 aromatic heterocycles. The molecule has 0 N–H and O–H groups in total. The smallest absolute Gasteiger partial charge is 0.0837 e. The van der Waals surface area contributed by atoms with Crippen molar-refractivity contribution in [2.45, 2.75) is 16.8 Å². The fourth-order valence-corrected chi connectivity index (χ4v) is 4.96. The summed E-state index contributed by atoms with van der Waals surface area (Å²) in [6, 6.07) is 8.89. The maximum absolute atomic E-state index is 3.78. The van der Waals surface area contributed by atoms with Gasteiger partial charge in [0.05, 0.1) is 5.03 Å². The Labute approximate surface area is 150 Å². The van der Waals surface area contributed by atoms with Gasteiger partial charge in [-0.25, -0.2) is 0 Å². The fourth-order valence-electron chi connectivity index (χ4n) is 3.19. The van der Waals surface area contributed by atoms with Gasteiger partial charge >= 0.3 is 0 Å². The van der Waals surface area contributed by atoms with Gasteiger partial charge < -0.3 is 14.4 Å². The third-order valence-electron chi connectivity index (χ3n) is 4.62. The highest BCUT2D eigenvalue weighted by molar-refractivity contribution is 9.10. The molecule has 0 saturated carbocycles. The van der Waals surface area contributed by atoms with E-state index in [1.165, 1.54) is 25.6 Å². The predicted octanol–water partition coefficient (Wildman–Crippen LogP) is 4.49. The van der Waals surface area contributed by atoms with E-state index in [9.17, 15) is 0 Å². The second-order valence-corrected chi connectivity index (χ2v) is 7.85. The highest BCUT2D eigenvalue weighted by Gasteiger charge is 2.19. The first kappa shape index (κ1) is 15.4. The molecule has 2 aliphatic rings. The van der Waals surface area contributed by atoms with Crippen LogP contribution in [0.3, 0.4) is 0 Å². The van der Waals surface area contributed by atoms with Crippen molar-refractivity contribution in [2.24, 2.45) is 0 Å². The molecule has 0 unspecified atom stereocenters. The average Bonchev–Trinajstić information content (AvgIpc) is 2.93. The first-order chi connectivity index (χ1) is 11.2. The number of hydrogen-bond acceptors (Lipinski definition) is 3. The molecule has 2 aromatic rings. The van der Waals surface area contributed by atoms with Gasteiger partial charge in [-0.3, -0.25) is 0 Å². The third kappa shape index (κ3) is 2.97. The van der Waals surface area contributed by atoms with E-state index >= 15 is 0 Å². The van der Waals surface area contributed by atoms with Crippen molar-refractivity contribution in [3.63, 3.8) is 0 Å². The summed E-state index contributed by atoms with van der Waals surface area (Å²) < 4.78 is 3.36. The standard InChI is InChI=1S/C18H20BrN3S/c1-2-20-8-10-21(11-9-20)14-12-16(19)15-5-7-22-6-3-4-18(22)23-17(15)13-14/h3-7,12-13H,2,8-11H2,1H3. The number of aromatic nitrogens is 1. The van der Waals surface area contributed by atoms with Gasteiger partial charge in [-0.1, -0.05) is 34.6 Å². The van der Waals surface area contributed by atoms with Crippen LogP contribution < -0.4 is 4.90 Å². The van der Waals surface area contributed by atoms with E-state index in [0.29, 0.717) is 0 Å². The van der Waals surface area contributed by atoms with Crippen molar-refractivity contribution in [1.82, 2.24) is 9.47 Å². The van der Waals surface area contributed by atoms with Crippen molar-refractivity contribution in [2.75, 3.05) is 37.6 Å². The molecule has 3 heterocycles. The van der Waals surface area contributed by atoms with Gasteiger partial charge in [-0.2, -0.15) is 0 Å². The van der Waals surface area contributed by atoms with Crippen LogP contribution in [0.1, 0.15) is 12.5 Å². The van der Waals surface area contributed by atoms with Crippen LogP contribution in [0.2, 0.25) is 0 Å². The number of benzene rings is 1. The van der Waals surface area contributed by atoms with Gasteiger partial charge in [0.15, 0.2) is 0 Å². The highest BCUT2D eigenvalue weighted by Crippen LogP contribution is 2.40. The summed E-state index contributed by atoms with van der Waals surface area (Å²) in [4.78, 5) is 6.34. The lowest BCUT2D eigenvalue weighted by molar-refractivity contribution is 0.271. The Bertz CT molecular complexity index is 745. The van der Waals surface area contributed by atoms with Gasteiger partial charge in [-0.05, 0) is 36.9 Å². The summed E-state index contributed by atoms with van der Waals surface area (Å²) in [6.45, 7) is 7.92. The molecule has 23 heavy (non-hydrogen) atoms. The normalized spacial score (nSPS) is 17.7. The fraction of sp³-hybridized carbons (Fsp3) is 0.333. The minimum atomic E-state index is 1.11. The molecule has 1 saturated heterocycles. The summed E-state index contributed by atoms with van der Waals surface area (Å²) in [5, 5.41) is 1.26. The minimum absolute atomic E-state index is 1.11. The molecular formula is C18H20BrN3S. The van der Waals surface area contributed by atoms with E-state index in [-0.39, 0.29) is 0 Å². The number of fused-ring (bicyclic) bond motifs is 2. The number of halogens is 1. The number of hydrogen-bond donors (Lipinski definition) is 0. The Balaban J connectivity index is 1.65. The van der Waals surface area contributed by atoms with E-state index in [0.717, 1.165) is 32.7 Å². The van der Waals surface area contributed by atoms with Crippen LogP contribution in [0.15, 0.2) is 44.9 Å². The Morgan fingerprint density at radius 3 is 2.78 bits per heavy atom. The van der Waals surface area contributed by atoms with Crippen molar-refractivity contribution in [3.8, 4) is 0 Å². The van der Waals surface area contributed by atoms with Crippen LogP contribution in [0.5, 0.6) is 0 Å². The molecule has 5 heteroatoms. The Hall–Kier alpha value is -1.17. The van der Waals surface area contributed by atoms with Crippen molar-refractivity contribution < 1.29 is 0 Å². The van der Waals surface area contributed by atoms with Crippen LogP contribution in [0, 0.1) is 0 Å². The number of anilines is 1. The predicted molar refractivity (Wildman–Crippen MR) is 102 cm³/mol. The first-order valence-corrected chi connectivity index (χ1v) is 9.69. The summed E-state index contributed by atoms with van der Waals surface area (Å²) in [6.07, 6.45) is 6.43. The van der Waals surface area contributed by atoms with Gasteiger partial charge in [0, 0.05) is 59.2 Å². The second-order valence-electron chi connectivity index (χ2n) is 5.93. The van der Waals surface area contributed by atoms with Crippen LogP contribution in [0.4, 0.5) is 5.69 Å². The summed E-state index contributed by atoms with van der Waals surface area (Å²) in [7, 11) is 0. The zero-order valence-corrected chi connectivity index (χ0v) is 15.6. The third-order valence-corrected chi connectivity index (χ3v) is 6.39. The number of piperazine rings is 1. The molecule has 0 amide bonds. The highest BCUT2D eigenvalue weighted by atomic mass is 79.9. The van der Waals surface area contributed by atoms with E-state index in [1.54, 1.807) is 0 Å². The van der Waals surface area contributed by atoms with Gasteiger partial charge in [0.25, 0.3) is 0 Å². The van der Waals surface area contributed by atoms with E-state index < -0.39 is 0 Å². The van der Waals surface area contributed by atoms with Gasteiger partial charge in [0.2, 0.25) is 0 Å². The summed E-state index contributed by atoms with van der Waals surface area (Å²) in [5.41, 5.74) is 2.60. The lowest BCUT2D eigenvalue weighted by Crippen LogP contribution is -2.46. The Morgan fingerprint density at radius 1 is 1.17 bits per heavy atom. The Kier molecular flexibility index (Phi) is 4.26. The molecule has 120 valence electrons. The molecule has 0 bridgehead atoms. The molecule has 0 spiro atoms. The zero-order valence-electron chi connectivity index (χ0n) is 13.2. The van der Waals surface area contributed by atoms with Crippen molar-refractivity contribution in [3.05, 3.63) is 40.5 Å². The monoisotopic (exact) mass is 389 g/mol. The molecular weight excluding hydrogens is 370 g/mol. The lowest BCUT2D eigenvalue weighted by atomic mass is 10.1. The molecule has 0 aliphatic carbocycles. The summed E-state index contributed by atoms with van der Waals surface area (Å²) >= 11 is 5.62. The molecule has 4 rings (SSSR count). The van der Waals surface area contributed by atoms with Crippen molar-refractivity contribution in [1.29, 1.82) is 0 Å². The lowest BCUT2D eigenvalue weighted by Gasteiger charge is -2.36. The topological polar surface area (TPSA) is 11.4 Å².